The maximum absolute atomic E-state index is 12.6. The molecule has 1 aromatic carbocycles. The fourth-order valence-corrected chi connectivity index (χ4v) is 2.02. The molecule has 0 saturated carbocycles. The third kappa shape index (κ3) is 4.56. The predicted molar refractivity (Wildman–Crippen MR) is 82.3 cm³/mol. The number of carbonyl (C=O) groups excluding carboxylic acids is 2. The lowest BCUT2D eigenvalue weighted by molar-refractivity contribution is 0.0578. The largest absolute Gasteiger partial charge is 0.392 e. The lowest BCUT2D eigenvalue weighted by Gasteiger charge is -2.28. The van der Waals surface area contributed by atoms with Crippen LogP contribution in [0, 0.1) is 0 Å². The molecular formula is C16H24N2O3. The van der Waals surface area contributed by atoms with Gasteiger partial charge in [0, 0.05) is 37.8 Å². The summed E-state index contributed by atoms with van der Waals surface area (Å²) in [5, 5.41) is 9.53. The maximum Gasteiger partial charge on any atom is 0.254 e. The topological polar surface area (TPSA) is 60.9 Å². The molecule has 0 bridgehead atoms. The summed E-state index contributed by atoms with van der Waals surface area (Å²) in [6.45, 7) is 5.71. The van der Waals surface area contributed by atoms with Gasteiger partial charge in [0.05, 0.1) is 6.10 Å². The minimum absolute atomic E-state index is 0.0275. The van der Waals surface area contributed by atoms with E-state index in [1.807, 2.05) is 13.8 Å². The summed E-state index contributed by atoms with van der Waals surface area (Å²) in [6.07, 6.45) is -0.595. The Kier molecular flexibility index (Phi) is 5.90. The first kappa shape index (κ1) is 17.2. The van der Waals surface area contributed by atoms with Crippen molar-refractivity contribution in [2.24, 2.45) is 0 Å². The van der Waals surface area contributed by atoms with E-state index in [9.17, 15) is 14.7 Å². The molecule has 0 radical (unpaired) electrons. The summed E-state index contributed by atoms with van der Waals surface area (Å²) < 4.78 is 0. The molecule has 0 aliphatic carbocycles. The van der Waals surface area contributed by atoms with Gasteiger partial charge in [-0.15, -0.1) is 0 Å². The molecule has 0 heterocycles. The van der Waals surface area contributed by atoms with Gasteiger partial charge in [-0.1, -0.05) is 6.07 Å². The molecule has 0 aliphatic heterocycles. The van der Waals surface area contributed by atoms with Gasteiger partial charge in [0.25, 0.3) is 11.8 Å². The SMILES string of the molecule is CC(O)CN(C(=O)c1cccc(C(=O)N(C)C)c1)C(C)C. The molecule has 0 spiro atoms. The van der Waals surface area contributed by atoms with Gasteiger partial charge in [0.2, 0.25) is 0 Å². The quantitative estimate of drug-likeness (QED) is 0.897. The zero-order chi connectivity index (χ0) is 16.2. The van der Waals surface area contributed by atoms with Crippen molar-refractivity contribution in [2.45, 2.75) is 32.9 Å². The van der Waals surface area contributed by atoms with E-state index in [-0.39, 0.29) is 24.4 Å². The van der Waals surface area contributed by atoms with E-state index in [1.54, 1.807) is 50.2 Å². The fourth-order valence-electron chi connectivity index (χ4n) is 2.02. The number of aliphatic hydroxyl groups is 1. The second kappa shape index (κ2) is 7.22. The van der Waals surface area contributed by atoms with Crippen molar-refractivity contribution in [3.63, 3.8) is 0 Å². The van der Waals surface area contributed by atoms with Crippen molar-refractivity contribution < 1.29 is 14.7 Å². The molecule has 1 atom stereocenters. The second-order valence-corrected chi connectivity index (χ2v) is 5.68. The van der Waals surface area contributed by atoms with Gasteiger partial charge in [0.1, 0.15) is 0 Å². The highest BCUT2D eigenvalue weighted by Crippen LogP contribution is 2.12. The molecule has 0 aromatic heterocycles. The van der Waals surface area contributed by atoms with Gasteiger partial charge in [-0.05, 0) is 39.0 Å². The first-order valence-electron chi connectivity index (χ1n) is 7.04. The molecule has 1 rings (SSSR count). The number of hydrogen-bond donors (Lipinski definition) is 1. The molecule has 2 amide bonds. The minimum Gasteiger partial charge on any atom is -0.392 e. The van der Waals surface area contributed by atoms with E-state index in [1.165, 1.54) is 4.90 Å². The van der Waals surface area contributed by atoms with Crippen molar-refractivity contribution in [1.29, 1.82) is 0 Å². The predicted octanol–water partition coefficient (Wildman–Crippen LogP) is 1.62. The average molecular weight is 292 g/mol. The Morgan fingerprint density at radius 1 is 1.10 bits per heavy atom. The number of benzene rings is 1. The molecular weight excluding hydrogens is 268 g/mol. The van der Waals surface area contributed by atoms with Gasteiger partial charge < -0.3 is 14.9 Å². The number of carbonyl (C=O) groups is 2. The molecule has 21 heavy (non-hydrogen) atoms. The summed E-state index contributed by atoms with van der Waals surface area (Å²) in [4.78, 5) is 27.6. The Bertz CT molecular complexity index is 510. The van der Waals surface area contributed by atoms with Crippen molar-refractivity contribution in [1.82, 2.24) is 9.80 Å². The molecule has 0 saturated heterocycles. The van der Waals surface area contributed by atoms with E-state index >= 15 is 0 Å². The Morgan fingerprint density at radius 3 is 2.05 bits per heavy atom. The Labute approximate surface area is 126 Å². The summed E-state index contributed by atoms with van der Waals surface area (Å²) in [5.74, 6) is -0.324. The zero-order valence-electron chi connectivity index (χ0n) is 13.3. The van der Waals surface area contributed by atoms with Crippen LogP contribution in [-0.2, 0) is 0 Å². The number of hydrogen-bond acceptors (Lipinski definition) is 3. The van der Waals surface area contributed by atoms with E-state index < -0.39 is 6.10 Å². The van der Waals surface area contributed by atoms with Crippen LogP contribution in [0.3, 0.4) is 0 Å². The molecule has 116 valence electrons. The smallest absolute Gasteiger partial charge is 0.254 e. The molecule has 0 aliphatic rings. The molecule has 5 nitrogen and oxygen atoms in total. The number of rotatable bonds is 5. The molecule has 5 heteroatoms. The average Bonchev–Trinajstić information content (AvgIpc) is 2.42. The van der Waals surface area contributed by atoms with Gasteiger partial charge in [0.15, 0.2) is 0 Å². The maximum atomic E-state index is 12.6. The number of amides is 2. The summed E-state index contributed by atoms with van der Waals surface area (Å²) >= 11 is 0. The van der Waals surface area contributed by atoms with E-state index in [0.717, 1.165) is 0 Å². The highest BCUT2D eigenvalue weighted by atomic mass is 16.3. The van der Waals surface area contributed by atoms with Gasteiger partial charge >= 0.3 is 0 Å². The van der Waals surface area contributed by atoms with Crippen LogP contribution in [0.15, 0.2) is 24.3 Å². The van der Waals surface area contributed by atoms with Crippen molar-refractivity contribution in [2.75, 3.05) is 20.6 Å². The lowest BCUT2D eigenvalue weighted by Crippen LogP contribution is -2.41. The van der Waals surface area contributed by atoms with Crippen LogP contribution in [0.1, 0.15) is 41.5 Å². The van der Waals surface area contributed by atoms with Crippen LogP contribution >= 0.6 is 0 Å². The van der Waals surface area contributed by atoms with Gasteiger partial charge in [-0.2, -0.15) is 0 Å². The van der Waals surface area contributed by atoms with Crippen LogP contribution in [-0.4, -0.2) is 59.5 Å². The van der Waals surface area contributed by atoms with E-state index in [4.69, 9.17) is 0 Å². The van der Waals surface area contributed by atoms with Gasteiger partial charge in [-0.3, -0.25) is 9.59 Å². The lowest BCUT2D eigenvalue weighted by atomic mass is 10.1. The summed E-state index contributed by atoms with van der Waals surface area (Å²) in [6, 6.07) is 6.65. The molecule has 1 unspecified atom stereocenters. The van der Waals surface area contributed by atoms with Crippen LogP contribution in [0.2, 0.25) is 0 Å². The fraction of sp³-hybridized carbons (Fsp3) is 0.500. The highest BCUT2D eigenvalue weighted by Gasteiger charge is 2.21. The highest BCUT2D eigenvalue weighted by molar-refractivity contribution is 5.99. The molecule has 0 fully saturated rings. The van der Waals surface area contributed by atoms with Crippen molar-refractivity contribution in [3.05, 3.63) is 35.4 Å². The first-order valence-corrected chi connectivity index (χ1v) is 7.04. The summed E-state index contributed by atoms with van der Waals surface area (Å²) in [5.41, 5.74) is 0.934. The van der Waals surface area contributed by atoms with E-state index in [2.05, 4.69) is 0 Å². The van der Waals surface area contributed by atoms with Crippen LogP contribution in [0.5, 0.6) is 0 Å². The minimum atomic E-state index is -0.595. The molecule has 1 aromatic rings. The second-order valence-electron chi connectivity index (χ2n) is 5.68. The third-order valence-corrected chi connectivity index (χ3v) is 3.11. The monoisotopic (exact) mass is 292 g/mol. The molecule has 1 N–H and O–H groups in total. The third-order valence-electron chi connectivity index (χ3n) is 3.11. The first-order chi connectivity index (χ1) is 9.73. The normalized spacial score (nSPS) is 12.1. The standard InChI is InChI=1S/C16H24N2O3/c1-11(2)18(10-12(3)19)16(21)14-8-6-7-13(9-14)15(20)17(4)5/h6-9,11-12,19H,10H2,1-5H3. The summed E-state index contributed by atoms with van der Waals surface area (Å²) in [7, 11) is 3.34. The zero-order valence-corrected chi connectivity index (χ0v) is 13.3. The van der Waals surface area contributed by atoms with Crippen LogP contribution in [0.4, 0.5) is 0 Å². The van der Waals surface area contributed by atoms with Crippen molar-refractivity contribution in [3.8, 4) is 0 Å². The number of nitrogens with zero attached hydrogens (tertiary/aromatic N) is 2. The Balaban J connectivity index is 3.06. The van der Waals surface area contributed by atoms with Gasteiger partial charge in [-0.25, -0.2) is 0 Å². The van der Waals surface area contributed by atoms with Crippen LogP contribution < -0.4 is 0 Å². The Hall–Kier alpha value is -1.88. The Morgan fingerprint density at radius 2 is 1.62 bits per heavy atom. The van der Waals surface area contributed by atoms with Crippen LogP contribution in [0.25, 0.3) is 0 Å². The van der Waals surface area contributed by atoms with E-state index in [0.29, 0.717) is 11.1 Å². The van der Waals surface area contributed by atoms with Crippen molar-refractivity contribution >= 4 is 11.8 Å². The number of aliphatic hydroxyl groups excluding tert-OH is 1.